The zero-order valence-corrected chi connectivity index (χ0v) is 13.3. The van der Waals surface area contributed by atoms with E-state index in [0.29, 0.717) is 5.56 Å². The molecular weight excluding hydrogens is 288 g/mol. The van der Waals surface area contributed by atoms with Crippen LogP contribution in [0.2, 0.25) is 0 Å². The molecule has 0 radical (unpaired) electrons. The summed E-state index contributed by atoms with van der Waals surface area (Å²) in [6, 6.07) is 15.2. The summed E-state index contributed by atoms with van der Waals surface area (Å²) in [5.74, 6) is 2.19. The molecular formula is C18H20N4O. The first kappa shape index (κ1) is 16.2. The predicted molar refractivity (Wildman–Crippen MR) is 95.6 cm³/mol. The molecule has 0 aliphatic heterocycles. The average Bonchev–Trinajstić information content (AvgIpc) is 2.58. The molecule has 2 rings (SSSR count). The molecule has 0 aliphatic carbocycles. The number of hydrazine groups is 1. The van der Waals surface area contributed by atoms with Gasteiger partial charge in [0.15, 0.2) is 0 Å². The number of terminal acetylenes is 1. The van der Waals surface area contributed by atoms with Crippen LogP contribution in [0.4, 0.5) is 17.1 Å². The first-order valence-corrected chi connectivity index (χ1v) is 7.21. The van der Waals surface area contributed by atoms with Crippen LogP contribution >= 0.6 is 0 Å². The van der Waals surface area contributed by atoms with Crippen molar-refractivity contribution < 1.29 is 4.79 Å². The molecule has 0 aromatic heterocycles. The summed E-state index contributed by atoms with van der Waals surface area (Å²) >= 11 is 0. The molecule has 2 aromatic carbocycles. The largest absolute Gasteiger partial charge is 0.378 e. The molecule has 0 saturated heterocycles. The number of nitrogens with one attached hydrogen (secondary N) is 3. The Balaban J connectivity index is 1.91. The van der Waals surface area contributed by atoms with Crippen LogP contribution in [0.1, 0.15) is 10.4 Å². The highest BCUT2D eigenvalue weighted by atomic mass is 16.1. The van der Waals surface area contributed by atoms with Crippen LogP contribution in [0.15, 0.2) is 48.5 Å². The van der Waals surface area contributed by atoms with Crippen molar-refractivity contribution >= 4 is 23.0 Å². The van der Waals surface area contributed by atoms with Gasteiger partial charge in [-0.3, -0.25) is 4.79 Å². The molecule has 118 valence electrons. The van der Waals surface area contributed by atoms with E-state index < -0.39 is 0 Å². The Morgan fingerprint density at radius 3 is 2.00 bits per heavy atom. The van der Waals surface area contributed by atoms with E-state index in [-0.39, 0.29) is 12.5 Å². The van der Waals surface area contributed by atoms with Crippen molar-refractivity contribution in [2.24, 2.45) is 0 Å². The van der Waals surface area contributed by atoms with Crippen molar-refractivity contribution in [1.82, 2.24) is 5.32 Å². The van der Waals surface area contributed by atoms with Gasteiger partial charge in [-0.2, -0.15) is 0 Å². The standard InChI is InChI=1S/C18H20N4O/c1-4-13-19-18(23)14-5-7-15(8-6-14)20-21-16-9-11-17(12-10-16)22(2)3/h1,5-12,20-21H,13H2,2-3H3,(H,19,23). The number of amides is 1. The lowest BCUT2D eigenvalue weighted by Crippen LogP contribution is -2.23. The Morgan fingerprint density at radius 1 is 1.00 bits per heavy atom. The van der Waals surface area contributed by atoms with Crippen LogP contribution in [-0.2, 0) is 0 Å². The topological polar surface area (TPSA) is 56.4 Å². The van der Waals surface area contributed by atoms with Crippen LogP contribution in [0.3, 0.4) is 0 Å². The minimum atomic E-state index is -0.179. The number of carbonyl (C=O) groups excluding carboxylic acids is 1. The van der Waals surface area contributed by atoms with Crippen molar-refractivity contribution in [2.45, 2.75) is 0 Å². The number of hydrogen-bond donors (Lipinski definition) is 3. The van der Waals surface area contributed by atoms with Crippen molar-refractivity contribution in [1.29, 1.82) is 0 Å². The molecule has 5 heteroatoms. The van der Waals surface area contributed by atoms with Crippen molar-refractivity contribution in [3.63, 3.8) is 0 Å². The number of hydrogen-bond acceptors (Lipinski definition) is 4. The highest BCUT2D eigenvalue weighted by molar-refractivity contribution is 5.94. The lowest BCUT2D eigenvalue weighted by molar-refractivity contribution is 0.0958. The van der Waals surface area contributed by atoms with Gasteiger partial charge in [0, 0.05) is 25.3 Å². The molecule has 3 N–H and O–H groups in total. The number of rotatable bonds is 6. The maximum Gasteiger partial charge on any atom is 0.252 e. The van der Waals surface area contributed by atoms with Gasteiger partial charge in [0.25, 0.3) is 5.91 Å². The molecule has 0 fully saturated rings. The molecule has 5 nitrogen and oxygen atoms in total. The van der Waals surface area contributed by atoms with E-state index in [1.807, 2.05) is 55.4 Å². The molecule has 23 heavy (non-hydrogen) atoms. The summed E-state index contributed by atoms with van der Waals surface area (Å²) in [5, 5.41) is 2.63. The van der Waals surface area contributed by atoms with E-state index in [1.165, 1.54) is 0 Å². The molecule has 0 unspecified atom stereocenters. The first-order valence-electron chi connectivity index (χ1n) is 7.21. The third-order valence-corrected chi connectivity index (χ3v) is 3.23. The Hall–Kier alpha value is -3.13. The molecule has 0 saturated carbocycles. The van der Waals surface area contributed by atoms with E-state index in [2.05, 4.69) is 22.1 Å². The molecule has 0 bridgehead atoms. The van der Waals surface area contributed by atoms with Crippen molar-refractivity contribution in [2.75, 3.05) is 36.4 Å². The number of benzene rings is 2. The van der Waals surface area contributed by atoms with Gasteiger partial charge in [-0.25, -0.2) is 0 Å². The first-order chi connectivity index (χ1) is 11.1. The van der Waals surface area contributed by atoms with Crippen molar-refractivity contribution in [3.05, 3.63) is 54.1 Å². The Kier molecular flexibility index (Phi) is 5.48. The van der Waals surface area contributed by atoms with Crippen LogP contribution in [0.5, 0.6) is 0 Å². The summed E-state index contributed by atoms with van der Waals surface area (Å²) in [6.07, 6.45) is 5.11. The second kappa shape index (κ2) is 7.76. The second-order valence-electron chi connectivity index (χ2n) is 5.16. The van der Waals surface area contributed by atoms with Crippen LogP contribution < -0.4 is 21.1 Å². The minimum absolute atomic E-state index is 0.179. The Morgan fingerprint density at radius 2 is 1.52 bits per heavy atom. The summed E-state index contributed by atoms with van der Waals surface area (Å²) in [6.45, 7) is 0.226. The van der Waals surface area contributed by atoms with Gasteiger partial charge in [-0.1, -0.05) is 5.92 Å². The number of anilines is 3. The third-order valence-electron chi connectivity index (χ3n) is 3.23. The predicted octanol–water partition coefficient (Wildman–Crippen LogP) is 2.55. The average molecular weight is 308 g/mol. The zero-order chi connectivity index (χ0) is 16.7. The van der Waals surface area contributed by atoms with Gasteiger partial charge in [-0.15, -0.1) is 6.42 Å². The van der Waals surface area contributed by atoms with E-state index in [0.717, 1.165) is 17.1 Å². The van der Waals surface area contributed by atoms with Gasteiger partial charge in [0.1, 0.15) is 0 Å². The highest BCUT2D eigenvalue weighted by Crippen LogP contribution is 2.16. The third kappa shape index (κ3) is 4.68. The SMILES string of the molecule is C#CCNC(=O)c1ccc(NNc2ccc(N(C)C)cc2)cc1. The maximum atomic E-state index is 11.7. The molecule has 1 amide bonds. The zero-order valence-electron chi connectivity index (χ0n) is 13.3. The number of carbonyl (C=O) groups is 1. The van der Waals surface area contributed by atoms with Gasteiger partial charge in [0.05, 0.1) is 17.9 Å². The summed E-state index contributed by atoms with van der Waals surface area (Å²) < 4.78 is 0. The molecule has 2 aromatic rings. The van der Waals surface area contributed by atoms with Crippen LogP contribution in [0.25, 0.3) is 0 Å². The second-order valence-corrected chi connectivity index (χ2v) is 5.16. The van der Waals surface area contributed by atoms with E-state index in [1.54, 1.807) is 12.1 Å². The summed E-state index contributed by atoms with van der Waals surface area (Å²) in [4.78, 5) is 13.8. The fourth-order valence-electron chi connectivity index (χ4n) is 1.93. The monoisotopic (exact) mass is 308 g/mol. The van der Waals surface area contributed by atoms with E-state index in [9.17, 15) is 4.79 Å². The molecule has 0 spiro atoms. The Bertz CT molecular complexity index is 684. The summed E-state index contributed by atoms with van der Waals surface area (Å²) in [5.41, 5.74) is 9.72. The van der Waals surface area contributed by atoms with Gasteiger partial charge >= 0.3 is 0 Å². The number of nitrogens with zero attached hydrogens (tertiary/aromatic N) is 1. The quantitative estimate of drug-likeness (QED) is 0.567. The van der Waals surface area contributed by atoms with Gasteiger partial charge in [-0.05, 0) is 48.5 Å². The normalized spacial score (nSPS) is 9.61. The lowest BCUT2D eigenvalue weighted by atomic mass is 10.2. The van der Waals surface area contributed by atoms with Crippen LogP contribution in [0, 0.1) is 12.3 Å². The molecule has 0 aliphatic rings. The fraction of sp³-hybridized carbons (Fsp3) is 0.167. The van der Waals surface area contributed by atoms with Crippen molar-refractivity contribution in [3.8, 4) is 12.3 Å². The van der Waals surface area contributed by atoms with Gasteiger partial charge < -0.3 is 21.1 Å². The highest BCUT2D eigenvalue weighted by Gasteiger charge is 2.03. The Labute approximate surface area is 136 Å². The van der Waals surface area contributed by atoms with E-state index in [4.69, 9.17) is 6.42 Å². The summed E-state index contributed by atoms with van der Waals surface area (Å²) in [7, 11) is 4.00. The lowest BCUT2D eigenvalue weighted by Gasteiger charge is -2.14. The molecule has 0 atom stereocenters. The smallest absolute Gasteiger partial charge is 0.252 e. The fourth-order valence-corrected chi connectivity index (χ4v) is 1.93. The van der Waals surface area contributed by atoms with E-state index >= 15 is 0 Å². The van der Waals surface area contributed by atoms with Crippen LogP contribution in [-0.4, -0.2) is 26.5 Å². The maximum absolute atomic E-state index is 11.7. The molecule has 0 heterocycles. The minimum Gasteiger partial charge on any atom is -0.378 e. The van der Waals surface area contributed by atoms with Gasteiger partial charge in [0.2, 0.25) is 0 Å².